The minimum atomic E-state index is -4.36. The summed E-state index contributed by atoms with van der Waals surface area (Å²) in [6.45, 7) is 4.38. The van der Waals surface area contributed by atoms with Crippen molar-refractivity contribution in [1.82, 2.24) is 0 Å². The lowest BCUT2D eigenvalue weighted by atomic mass is 10.0. The van der Waals surface area contributed by atoms with Gasteiger partial charge in [0.25, 0.3) is 0 Å². The van der Waals surface area contributed by atoms with E-state index in [2.05, 4.69) is 13.8 Å². The minimum absolute atomic E-state index is 0.0362. The summed E-state index contributed by atoms with van der Waals surface area (Å²) in [6.07, 6.45) is 34.7. The lowest BCUT2D eigenvalue weighted by molar-refractivity contribution is -0.870. The number of phosphoric acid groups is 1. The number of phosphoric ester groups is 1. The summed E-state index contributed by atoms with van der Waals surface area (Å²) in [5, 5.41) is 0. The van der Waals surface area contributed by atoms with Crippen molar-refractivity contribution in [1.29, 1.82) is 0 Å². The highest BCUT2D eigenvalue weighted by molar-refractivity contribution is 7.47. The van der Waals surface area contributed by atoms with Crippen LogP contribution < -0.4 is 0 Å². The summed E-state index contributed by atoms with van der Waals surface area (Å²) in [7, 11) is 1.49. The van der Waals surface area contributed by atoms with E-state index in [0.717, 1.165) is 38.5 Å². The molecule has 0 aromatic rings. The first kappa shape index (κ1) is 51.0. The third kappa shape index (κ3) is 38.7. The molecule has 10 heteroatoms. The molecule has 0 bridgehead atoms. The molecule has 0 aliphatic carbocycles. The lowest BCUT2D eigenvalue weighted by Gasteiger charge is -2.24. The highest BCUT2D eigenvalue weighted by Gasteiger charge is 2.27. The maximum Gasteiger partial charge on any atom is 0.472 e. The maximum atomic E-state index is 12.6. The third-order valence-corrected chi connectivity index (χ3v) is 10.6. The quantitative estimate of drug-likeness (QED) is 0.0284. The Morgan fingerprint density at radius 1 is 0.519 bits per heavy atom. The molecule has 2 atom stereocenters. The largest absolute Gasteiger partial charge is 0.472 e. The zero-order chi connectivity index (χ0) is 38.6. The van der Waals surface area contributed by atoms with E-state index in [9.17, 15) is 19.0 Å². The molecule has 310 valence electrons. The highest BCUT2D eigenvalue weighted by atomic mass is 31.2. The molecule has 0 rings (SSSR count). The van der Waals surface area contributed by atoms with Gasteiger partial charge in [0.2, 0.25) is 0 Å². The molecule has 0 saturated heterocycles. The molecular formula is C42H85NO8P+. The van der Waals surface area contributed by atoms with Gasteiger partial charge in [0.15, 0.2) is 6.10 Å². The van der Waals surface area contributed by atoms with E-state index in [4.69, 9.17) is 18.5 Å². The molecule has 0 saturated carbocycles. The molecule has 0 fully saturated rings. The summed E-state index contributed by atoms with van der Waals surface area (Å²) >= 11 is 0. The van der Waals surface area contributed by atoms with Crippen LogP contribution in [0.4, 0.5) is 0 Å². The highest BCUT2D eigenvalue weighted by Crippen LogP contribution is 2.43. The van der Waals surface area contributed by atoms with Crippen molar-refractivity contribution in [2.75, 3.05) is 47.5 Å². The van der Waals surface area contributed by atoms with E-state index in [0.29, 0.717) is 17.4 Å². The Labute approximate surface area is 321 Å². The molecule has 0 aliphatic heterocycles. The molecule has 0 aliphatic rings. The van der Waals surface area contributed by atoms with Gasteiger partial charge in [-0.25, -0.2) is 4.57 Å². The molecule has 52 heavy (non-hydrogen) atoms. The molecule has 1 N–H and O–H groups in total. The first-order chi connectivity index (χ1) is 25.0. The van der Waals surface area contributed by atoms with Crippen molar-refractivity contribution < 1.29 is 42.1 Å². The number of carbonyl (C=O) groups is 2. The molecule has 0 aromatic carbocycles. The second kappa shape index (κ2) is 35.7. The fraction of sp³-hybridized carbons (Fsp3) is 0.952. The molecule has 2 unspecified atom stereocenters. The van der Waals surface area contributed by atoms with Crippen LogP contribution in [0, 0.1) is 0 Å². The van der Waals surface area contributed by atoms with Gasteiger partial charge in [0, 0.05) is 12.8 Å². The van der Waals surface area contributed by atoms with Gasteiger partial charge in [0.1, 0.15) is 19.8 Å². The first-order valence-electron chi connectivity index (χ1n) is 21.8. The monoisotopic (exact) mass is 763 g/mol. The fourth-order valence-corrected chi connectivity index (χ4v) is 6.93. The first-order valence-corrected chi connectivity index (χ1v) is 23.3. The van der Waals surface area contributed by atoms with E-state index in [1.165, 1.54) is 141 Å². The second-order valence-electron chi connectivity index (χ2n) is 16.1. The van der Waals surface area contributed by atoms with Crippen molar-refractivity contribution in [3.63, 3.8) is 0 Å². The number of likely N-dealkylation sites (N-methyl/N-ethyl adjacent to an activating group) is 1. The summed E-state index contributed by atoms with van der Waals surface area (Å²) in [5.41, 5.74) is 0. The number of carbonyl (C=O) groups excluding carboxylic acids is 2. The smallest absolute Gasteiger partial charge is 0.462 e. The normalized spacial score (nSPS) is 13.6. The van der Waals surface area contributed by atoms with Crippen molar-refractivity contribution in [2.24, 2.45) is 0 Å². The van der Waals surface area contributed by atoms with Crippen molar-refractivity contribution in [3.8, 4) is 0 Å². The second-order valence-corrected chi connectivity index (χ2v) is 17.6. The Morgan fingerprint density at radius 2 is 0.865 bits per heavy atom. The van der Waals surface area contributed by atoms with Crippen LogP contribution in [0.25, 0.3) is 0 Å². The number of ether oxygens (including phenoxy) is 2. The Morgan fingerprint density at radius 3 is 1.23 bits per heavy atom. The maximum absolute atomic E-state index is 12.6. The van der Waals surface area contributed by atoms with Crippen LogP contribution in [0.2, 0.25) is 0 Å². The van der Waals surface area contributed by atoms with Crippen LogP contribution in [0.5, 0.6) is 0 Å². The van der Waals surface area contributed by atoms with Crippen LogP contribution >= 0.6 is 7.82 Å². The Balaban J connectivity index is 4.09. The number of hydrogen-bond acceptors (Lipinski definition) is 7. The standard InChI is InChI=1S/C42H84NO8P/c1-6-8-10-12-14-15-16-17-18-19-20-21-22-23-24-25-26-27-28-29-31-33-35-42(45)51-40(38-48-41(44)34-32-30-13-11-9-7-2)39-50-52(46,47)49-37-36-43(3,4)5/h40H,6-39H2,1-5H3/p+1. The van der Waals surface area contributed by atoms with E-state index in [1.54, 1.807) is 0 Å². The molecule has 0 spiro atoms. The molecule has 0 aromatic heterocycles. The zero-order valence-electron chi connectivity index (χ0n) is 34.8. The van der Waals surface area contributed by atoms with Gasteiger partial charge < -0.3 is 18.9 Å². The van der Waals surface area contributed by atoms with Crippen LogP contribution in [0.15, 0.2) is 0 Å². The predicted molar refractivity (Wildman–Crippen MR) is 215 cm³/mol. The van der Waals surface area contributed by atoms with Gasteiger partial charge in [-0.15, -0.1) is 0 Å². The molecular weight excluding hydrogens is 677 g/mol. The van der Waals surface area contributed by atoms with Gasteiger partial charge in [-0.05, 0) is 12.8 Å². The number of quaternary nitrogens is 1. The Hall–Kier alpha value is -0.990. The number of nitrogens with zero attached hydrogens (tertiary/aromatic N) is 1. The van der Waals surface area contributed by atoms with E-state index in [1.807, 2.05) is 21.1 Å². The molecule has 9 nitrogen and oxygen atoms in total. The lowest BCUT2D eigenvalue weighted by Crippen LogP contribution is -2.37. The SMILES string of the molecule is CCCCCCCCCCCCCCCCCCCCCCCCC(=O)OC(COC(=O)CCCCCCCC)COP(=O)(O)OCC[N+](C)(C)C. The summed E-state index contributed by atoms with van der Waals surface area (Å²) < 4.78 is 34.1. The van der Waals surface area contributed by atoms with Gasteiger partial charge in [-0.2, -0.15) is 0 Å². The van der Waals surface area contributed by atoms with Crippen LogP contribution in [-0.2, 0) is 32.7 Å². The average Bonchev–Trinajstić information content (AvgIpc) is 3.09. The van der Waals surface area contributed by atoms with Crippen LogP contribution in [0.3, 0.4) is 0 Å². The van der Waals surface area contributed by atoms with Crippen LogP contribution in [0.1, 0.15) is 206 Å². The van der Waals surface area contributed by atoms with Crippen molar-refractivity contribution in [3.05, 3.63) is 0 Å². The third-order valence-electron chi connectivity index (χ3n) is 9.64. The van der Waals surface area contributed by atoms with Crippen LogP contribution in [-0.4, -0.2) is 74.9 Å². The van der Waals surface area contributed by atoms with Gasteiger partial charge >= 0.3 is 19.8 Å². The Bertz CT molecular complexity index is 865. The van der Waals surface area contributed by atoms with Gasteiger partial charge in [0.05, 0.1) is 27.7 Å². The number of hydrogen-bond donors (Lipinski definition) is 1. The number of esters is 2. The summed E-state index contributed by atoms with van der Waals surface area (Å²) in [5.74, 6) is -0.796. The Kier molecular flexibility index (Phi) is 35.0. The molecule has 0 heterocycles. The molecule has 0 radical (unpaired) electrons. The van der Waals surface area contributed by atoms with Gasteiger partial charge in [-0.3, -0.25) is 18.6 Å². The predicted octanol–water partition coefficient (Wildman–Crippen LogP) is 12.0. The molecule has 0 amide bonds. The van der Waals surface area contributed by atoms with E-state index in [-0.39, 0.29) is 25.6 Å². The van der Waals surface area contributed by atoms with Crippen molar-refractivity contribution in [2.45, 2.75) is 213 Å². The number of unbranched alkanes of at least 4 members (excludes halogenated alkanes) is 26. The number of rotatable bonds is 40. The van der Waals surface area contributed by atoms with Crippen molar-refractivity contribution >= 4 is 19.8 Å². The zero-order valence-corrected chi connectivity index (χ0v) is 35.7. The van der Waals surface area contributed by atoms with Gasteiger partial charge in [-0.1, -0.05) is 181 Å². The van der Waals surface area contributed by atoms with E-state index < -0.39 is 26.5 Å². The minimum Gasteiger partial charge on any atom is -0.462 e. The fourth-order valence-electron chi connectivity index (χ4n) is 6.19. The average molecular weight is 763 g/mol. The topological polar surface area (TPSA) is 108 Å². The van der Waals surface area contributed by atoms with E-state index >= 15 is 0 Å². The summed E-state index contributed by atoms with van der Waals surface area (Å²) in [6, 6.07) is 0. The summed E-state index contributed by atoms with van der Waals surface area (Å²) in [4.78, 5) is 35.1.